The molecule has 4 N–H and O–H groups in total. The van der Waals surface area contributed by atoms with Gasteiger partial charge in [-0.25, -0.2) is 9.59 Å². The Balaban J connectivity index is 1.85. The van der Waals surface area contributed by atoms with E-state index in [1.54, 1.807) is 36.4 Å². The van der Waals surface area contributed by atoms with E-state index in [1.165, 1.54) is 7.11 Å². The number of methoxy groups -OCH3 is 1. The summed E-state index contributed by atoms with van der Waals surface area (Å²) >= 11 is 12.3. The van der Waals surface area contributed by atoms with Crippen molar-refractivity contribution in [3.63, 3.8) is 0 Å². The molecule has 0 aromatic heterocycles. The van der Waals surface area contributed by atoms with Gasteiger partial charge in [-0.3, -0.25) is 0 Å². The van der Waals surface area contributed by atoms with Gasteiger partial charge in [0.15, 0.2) is 0 Å². The zero-order valence-corrected chi connectivity index (χ0v) is 15.8. The number of para-hydroxylation sites is 2. The Labute approximate surface area is 165 Å². The topological polar surface area (TPSA) is 99.7 Å². The number of carboxylic acid groups (broad SMARTS) is 1. The highest BCUT2D eigenvalue weighted by atomic mass is 35.5. The molecule has 9 heteroatoms. The Bertz CT molecular complexity index is 891. The van der Waals surface area contributed by atoms with Crippen LogP contribution in [-0.4, -0.2) is 30.3 Å². The number of hydrogen-bond donors (Lipinski definition) is 4. The Morgan fingerprint density at radius 3 is 2.70 bits per heavy atom. The number of fused-ring (bicyclic) bond motifs is 1. The van der Waals surface area contributed by atoms with Gasteiger partial charge in [-0.2, -0.15) is 0 Å². The van der Waals surface area contributed by atoms with Gasteiger partial charge in [0.05, 0.1) is 18.8 Å². The van der Waals surface area contributed by atoms with Crippen LogP contribution in [0.25, 0.3) is 0 Å². The largest absolute Gasteiger partial charge is 0.495 e. The molecule has 0 bridgehead atoms. The number of carboxylic acids is 1. The number of anilines is 2. The zero-order chi connectivity index (χ0) is 19.6. The van der Waals surface area contributed by atoms with E-state index in [0.717, 1.165) is 0 Å². The quantitative estimate of drug-likeness (QED) is 0.608. The lowest BCUT2D eigenvalue weighted by Gasteiger charge is -2.32. The van der Waals surface area contributed by atoms with Crippen LogP contribution in [0.1, 0.15) is 18.0 Å². The van der Waals surface area contributed by atoms with E-state index in [1.807, 2.05) is 0 Å². The van der Waals surface area contributed by atoms with E-state index < -0.39 is 24.1 Å². The lowest BCUT2D eigenvalue weighted by atomic mass is 9.93. The van der Waals surface area contributed by atoms with Crippen LogP contribution >= 0.6 is 23.2 Å². The number of urea groups is 1. The maximum absolute atomic E-state index is 12.5. The summed E-state index contributed by atoms with van der Waals surface area (Å²) in [7, 11) is 1.50. The fourth-order valence-electron chi connectivity index (χ4n) is 3.02. The van der Waals surface area contributed by atoms with Crippen molar-refractivity contribution in [3.05, 3.63) is 52.0 Å². The number of amides is 2. The monoisotopic (exact) mass is 409 g/mol. The number of nitrogens with one attached hydrogen (secondary N) is 3. The second-order valence-electron chi connectivity index (χ2n) is 5.97. The third-order valence-electron chi connectivity index (χ3n) is 4.20. The molecule has 0 radical (unpaired) electrons. The van der Waals surface area contributed by atoms with Crippen molar-refractivity contribution in [2.75, 3.05) is 17.7 Å². The van der Waals surface area contributed by atoms with Gasteiger partial charge in [0.25, 0.3) is 0 Å². The molecule has 1 aliphatic rings. The third kappa shape index (κ3) is 4.20. The first kappa shape index (κ1) is 19.1. The minimum atomic E-state index is -1.03. The number of ether oxygens (including phenoxy) is 1. The Morgan fingerprint density at radius 2 is 2.00 bits per heavy atom. The summed E-state index contributed by atoms with van der Waals surface area (Å²) in [6.07, 6.45) is 0.128. The molecule has 0 saturated carbocycles. The molecule has 1 heterocycles. The highest BCUT2D eigenvalue weighted by molar-refractivity contribution is 6.35. The fraction of sp³-hybridized carbons (Fsp3) is 0.222. The molecule has 2 amide bonds. The molecule has 3 rings (SSSR count). The molecule has 2 atom stereocenters. The van der Waals surface area contributed by atoms with Gasteiger partial charge in [0.1, 0.15) is 11.8 Å². The van der Waals surface area contributed by atoms with Crippen LogP contribution in [0, 0.1) is 0 Å². The van der Waals surface area contributed by atoms with Crippen LogP contribution < -0.4 is 20.7 Å². The Kier molecular flexibility index (Phi) is 5.62. The van der Waals surface area contributed by atoms with E-state index in [2.05, 4.69) is 16.0 Å². The zero-order valence-electron chi connectivity index (χ0n) is 14.3. The molecule has 0 spiro atoms. The standard InChI is InChI=1S/C18H17Cl2N3O4/c1-27-15-5-3-2-4-11(15)22-18(26)23-13-8-14(17(24)25)21-12-7-9(19)6-10(20)16(12)13/h2-7,13-14,21H,8H2,1H3,(H,24,25)(H2,22,23,26). The highest BCUT2D eigenvalue weighted by Gasteiger charge is 2.33. The number of carbonyl (C=O) groups is 2. The molecule has 142 valence electrons. The van der Waals surface area contributed by atoms with Gasteiger partial charge in [-0.1, -0.05) is 35.3 Å². The molecule has 0 aliphatic carbocycles. The van der Waals surface area contributed by atoms with Crippen molar-refractivity contribution in [3.8, 4) is 5.75 Å². The van der Waals surface area contributed by atoms with E-state index in [0.29, 0.717) is 32.7 Å². The summed E-state index contributed by atoms with van der Waals surface area (Å²) in [5.74, 6) is -0.528. The van der Waals surface area contributed by atoms with Crippen LogP contribution in [0.5, 0.6) is 5.75 Å². The molecule has 2 aromatic carbocycles. The smallest absolute Gasteiger partial charge is 0.326 e. The first-order chi connectivity index (χ1) is 12.9. The second-order valence-corrected chi connectivity index (χ2v) is 6.81. The maximum atomic E-state index is 12.5. The van der Waals surface area contributed by atoms with E-state index in [9.17, 15) is 14.7 Å². The summed E-state index contributed by atoms with van der Waals surface area (Å²) in [4.78, 5) is 24.0. The minimum absolute atomic E-state index is 0.128. The van der Waals surface area contributed by atoms with Crippen molar-refractivity contribution in [1.29, 1.82) is 0 Å². The SMILES string of the molecule is COc1ccccc1NC(=O)NC1CC(C(=O)O)Nc2cc(Cl)cc(Cl)c21. The van der Waals surface area contributed by atoms with Crippen molar-refractivity contribution in [2.24, 2.45) is 0 Å². The number of rotatable bonds is 4. The van der Waals surface area contributed by atoms with Gasteiger partial charge >= 0.3 is 12.0 Å². The van der Waals surface area contributed by atoms with Crippen LogP contribution in [0.3, 0.4) is 0 Å². The van der Waals surface area contributed by atoms with E-state index >= 15 is 0 Å². The molecule has 0 fully saturated rings. The molecule has 2 aromatic rings. The lowest BCUT2D eigenvalue weighted by Crippen LogP contribution is -2.42. The third-order valence-corrected chi connectivity index (χ3v) is 4.73. The normalized spacial score (nSPS) is 18.0. The maximum Gasteiger partial charge on any atom is 0.326 e. The number of benzene rings is 2. The fourth-order valence-corrected chi connectivity index (χ4v) is 3.64. The average molecular weight is 410 g/mol. The molecule has 7 nitrogen and oxygen atoms in total. The van der Waals surface area contributed by atoms with Crippen LogP contribution in [0.15, 0.2) is 36.4 Å². The van der Waals surface area contributed by atoms with Crippen molar-refractivity contribution < 1.29 is 19.4 Å². The minimum Gasteiger partial charge on any atom is -0.495 e. The first-order valence-electron chi connectivity index (χ1n) is 8.08. The van der Waals surface area contributed by atoms with Gasteiger partial charge in [-0.15, -0.1) is 0 Å². The Morgan fingerprint density at radius 1 is 1.26 bits per heavy atom. The molecule has 27 heavy (non-hydrogen) atoms. The molecular formula is C18H17Cl2N3O4. The van der Waals surface area contributed by atoms with Gasteiger partial charge < -0.3 is 25.8 Å². The summed E-state index contributed by atoms with van der Waals surface area (Å²) in [6, 6.07) is 8.10. The number of halogens is 2. The van der Waals surface area contributed by atoms with Crippen molar-refractivity contribution in [1.82, 2.24) is 5.32 Å². The summed E-state index contributed by atoms with van der Waals surface area (Å²) in [6.45, 7) is 0. The molecule has 1 aliphatic heterocycles. The summed E-state index contributed by atoms with van der Waals surface area (Å²) < 4.78 is 5.21. The molecule has 0 saturated heterocycles. The van der Waals surface area contributed by atoms with Crippen LogP contribution in [0.2, 0.25) is 10.0 Å². The van der Waals surface area contributed by atoms with Crippen LogP contribution in [0.4, 0.5) is 16.2 Å². The van der Waals surface area contributed by atoms with Gasteiger partial charge in [-0.05, 0) is 24.3 Å². The van der Waals surface area contributed by atoms with E-state index in [-0.39, 0.29) is 6.42 Å². The number of carbonyl (C=O) groups excluding carboxylic acids is 1. The predicted molar refractivity (Wildman–Crippen MR) is 104 cm³/mol. The predicted octanol–water partition coefficient (Wildman–Crippen LogP) is 4.13. The van der Waals surface area contributed by atoms with Crippen LogP contribution in [-0.2, 0) is 4.79 Å². The summed E-state index contributed by atoms with van der Waals surface area (Å²) in [5, 5.41) is 18.5. The summed E-state index contributed by atoms with van der Waals surface area (Å²) in [5.41, 5.74) is 1.56. The highest BCUT2D eigenvalue weighted by Crippen LogP contribution is 2.40. The number of hydrogen-bond acceptors (Lipinski definition) is 4. The average Bonchev–Trinajstić information content (AvgIpc) is 2.61. The first-order valence-corrected chi connectivity index (χ1v) is 8.83. The lowest BCUT2D eigenvalue weighted by molar-refractivity contribution is -0.138. The van der Waals surface area contributed by atoms with Crippen molar-refractivity contribution >= 4 is 46.6 Å². The molecule has 2 unspecified atom stereocenters. The molecular weight excluding hydrogens is 393 g/mol. The van der Waals surface area contributed by atoms with E-state index in [4.69, 9.17) is 27.9 Å². The van der Waals surface area contributed by atoms with Gasteiger partial charge in [0.2, 0.25) is 0 Å². The second kappa shape index (κ2) is 7.94. The van der Waals surface area contributed by atoms with Crippen molar-refractivity contribution in [2.45, 2.75) is 18.5 Å². The Hall–Kier alpha value is -2.64. The number of aliphatic carboxylic acids is 1. The van der Waals surface area contributed by atoms with Gasteiger partial charge in [0, 0.05) is 27.7 Å².